The number of hydrogen-bond acceptors (Lipinski definition) is 5. The summed E-state index contributed by atoms with van der Waals surface area (Å²) < 4.78 is 9.91. The number of ether oxygens (including phenoxy) is 2. The lowest BCUT2D eigenvalue weighted by molar-refractivity contribution is 0.0589. The van der Waals surface area contributed by atoms with E-state index in [1.54, 1.807) is 14.2 Å². The molecule has 92 valence electrons. The molecule has 0 aliphatic carbocycles. The van der Waals surface area contributed by atoms with Crippen LogP contribution in [-0.4, -0.2) is 57.8 Å². The van der Waals surface area contributed by atoms with Gasteiger partial charge in [-0.25, -0.2) is 0 Å². The van der Waals surface area contributed by atoms with E-state index in [0.717, 1.165) is 12.8 Å². The number of aliphatic hydroxyl groups is 1. The minimum absolute atomic E-state index is 0.255. The smallest absolute Gasteiger partial charge is 0.0897 e. The fraction of sp³-hybridized carbons (Fsp3) is 1.00. The summed E-state index contributed by atoms with van der Waals surface area (Å²) in [6.07, 6.45) is 1.46. The molecule has 2 unspecified atom stereocenters. The number of nitrogens with two attached hydrogens (primary N) is 1. The molecule has 0 bridgehead atoms. The summed E-state index contributed by atoms with van der Waals surface area (Å²) in [5.74, 6) is 0. The molecule has 0 aliphatic heterocycles. The first kappa shape index (κ1) is 14.8. The molecule has 0 amide bonds. The SMILES string of the molecule is COCC(O)CNC(CCCN)COC. The Bertz CT molecular complexity index is 136. The van der Waals surface area contributed by atoms with Gasteiger partial charge in [0.2, 0.25) is 0 Å². The Morgan fingerprint density at radius 2 is 1.93 bits per heavy atom. The van der Waals surface area contributed by atoms with Crippen LogP contribution < -0.4 is 11.1 Å². The lowest BCUT2D eigenvalue weighted by Gasteiger charge is -2.19. The summed E-state index contributed by atoms with van der Waals surface area (Å²) >= 11 is 0. The third kappa shape index (κ3) is 8.77. The van der Waals surface area contributed by atoms with Crippen molar-refractivity contribution in [3.63, 3.8) is 0 Å². The topological polar surface area (TPSA) is 76.7 Å². The van der Waals surface area contributed by atoms with Crippen molar-refractivity contribution in [1.29, 1.82) is 0 Å². The number of nitrogens with one attached hydrogen (secondary N) is 1. The average Bonchev–Trinajstić information content (AvgIpc) is 2.22. The van der Waals surface area contributed by atoms with Gasteiger partial charge in [-0.3, -0.25) is 0 Å². The number of methoxy groups -OCH3 is 2. The van der Waals surface area contributed by atoms with E-state index in [1.165, 1.54) is 0 Å². The molecule has 4 N–H and O–H groups in total. The zero-order chi connectivity index (χ0) is 11.5. The first-order valence-corrected chi connectivity index (χ1v) is 5.34. The molecule has 0 radical (unpaired) electrons. The van der Waals surface area contributed by atoms with Gasteiger partial charge in [0.1, 0.15) is 0 Å². The maximum atomic E-state index is 9.44. The van der Waals surface area contributed by atoms with E-state index in [9.17, 15) is 5.11 Å². The van der Waals surface area contributed by atoms with Gasteiger partial charge in [-0.05, 0) is 19.4 Å². The molecule has 5 nitrogen and oxygen atoms in total. The monoisotopic (exact) mass is 220 g/mol. The van der Waals surface area contributed by atoms with E-state index in [2.05, 4.69) is 5.32 Å². The molecule has 0 rings (SSSR count). The van der Waals surface area contributed by atoms with Gasteiger partial charge in [0, 0.05) is 26.8 Å². The normalized spacial score (nSPS) is 15.2. The number of aliphatic hydroxyl groups excluding tert-OH is 1. The van der Waals surface area contributed by atoms with Crippen molar-refractivity contribution in [3.05, 3.63) is 0 Å². The van der Waals surface area contributed by atoms with Crippen molar-refractivity contribution in [3.8, 4) is 0 Å². The van der Waals surface area contributed by atoms with Crippen LogP contribution in [0.4, 0.5) is 0 Å². The standard InChI is InChI=1S/C10H24N2O3/c1-14-7-9(4-3-5-11)12-6-10(13)8-15-2/h9-10,12-13H,3-8,11H2,1-2H3. The molecule has 0 aromatic carbocycles. The first-order valence-electron chi connectivity index (χ1n) is 5.34. The Kier molecular flexibility index (Phi) is 10.2. The summed E-state index contributed by atoms with van der Waals surface area (Å²) in [6, 6.07) is 0.255. The van der Waals surface area contributed by atoms with E-state index in [4.69, 9.17) is 15.2 Å². The van der Waals surface area contributed by atoms with Gasteiger partial charge >= 0.3 is 0 Å². The third-order valence-electron chi connectivity index (χ3n) is 2.13. The van der Waals surface area contributed by atoms with E-state index >= 15 is 0 Å². The largest absolute Gasteiger partial charge is 0.389 e. The lowest BCUT2D eigenvalue weighted by atomic mass is 10.1. The van der Waals surface area contributed by atoms with Gasteiger partial charge in [0.25, 0.3) is 0 Å². The van der Waals surface area contributed by atoms with Gasteiger partial charge in [-0.15, -0.1) is 0 Å². The first-order chi connectivity index (χ1) is 7.24. The van der Waals surface area contributed by atoms with Crippen molar-refractivity contribution in [2.75, 3.05) is 40.5 Å². The van der Waals surface area contributed by atoms with Crippen LogP contribution in [0.1, 0.15) is 12.8 Å². The van der Waals surface area contributed by atoms with Crippen LogP contribution in [0.25, 0.3) is 0 Å². The minimum atomic E-state index is -0.466. The van der Waals surface area contributed by atoms with Gasteiger partial charge in [-0.1, -0.05) is 0 Å². The van der Waals surface area contributed by atoms with Crippen LogP contribution in [-0.2, 0) is 9.47 Å². The summed E-state index contributed by atoms with van der Waals surface area (Å²) in [5, 5.41) is 12.7. The highest BCUT2D eigenvalue weighted by atomic mass is 16.5. The highest BCUT2D eigenvalue weighted by molar-refractivity contribution is 4.69. The molecule has 0 aliphatic rings. The quantitative estimate of drug-likeness (QED) is 0.455. The molecule has 0 heterocycles. The highest BCUT2D eigenvalue weighted by Gasteiger charge is 2.10. The predicted molar refractivity (Wildman–Crippen MR) is 59.8 cm³/mol. The molecule has 0 fully saturated rings. The number of rotatable bonds is 10. The molecule has 2 atom stereocenters. The van der Waals surface area contributed by atoms with Crippen molar-refractivity contribution in [1.82, 2.24) is 5.32 Å². The van der Waals surface area contributed by atoms with E-state index in [0.29, 0.717) is 26.3 Å². The third-order valence-corrected chi connectivity index (χ3v) is 2.13. The summed E-state index contributed by atoms with van der Waals surface area (Å²) in [4.78, 5) is 0. The second kappa shape index (κ2) is 10.3. The van der Waals surface area contributed by atoms with Crippen LogP contribution >= 0.6 is 0 Å². The van der Waals surface area contributed by atoms with Crippen molar-refractivity contribution >= 4 is 0 Å². The van der Waals surface area contributed by atoms with Crippen LogP contribution in [0.15, 0.2) is 0 Å². The molecular weight excluding hydrogens is 196 g/mol. The van der Waals surface area contributed by atoms with Gasteiger partial charge < -0.3 is 25.6 Å². The van der Waals surface area contributed by atoms with E-state index < -0.39 is 6.10 Å². The Morgan fingerprint density at radius 3 is 2.47 bits per heavy atom. The molecular formula is C10H24N2O3. The Balaban J connectivity index is 3.63. The lowest BCUT2D eigenvalue weighted by Crippen LogP contribution is -2.40. The zero-order valence-corrected chi connectivity index (χ0v) is 9.74. The maximum Gasteiger partial charge on any atom is 0.0897 e. The molecule has 0 saturated heterocycles. The van der Waals surface area contributed by atoms with Gasteiger partial charge in [-0.2, -0.15) is 0 Å². The zero-order valence-electron chi connectivity index (χ0n) is 9.74. The molecule has 0 aromatic rings. The fourth-order valence-electron chi connectivity index (χ4n) is 1.36. The van der Waals surface area contributed by atoms with Gasteiger partial charge in [0.15, 0.2) is 0 Å². The molecule has 0 aromatic heterocycles. The second-order valence-electron chi connectivity index (χ2n) is 3.60. The maximum absolute atomic E-state index is 9.44. The van der Waals surface area contributed by atoms with Crippen molar-refractivity contribution in [2.45, 2.75) is 25.0 Å². The van der Waals surface area contributed by atoms with Crippen LogP contribution in [0.5, 0.6) is 0 Å². The van der Waals surface area contributed by atoms with E-state index in [-0.39, 0.29) is 6.04 Å². The molecule has 0 saturated carbocycles. The van der Waals surface area contributed by atoms with Crippen LogP contribution in [0, 0.1) is 0 Å². The predicted octanol–water partition coefficient (Wildman–Crippen LogP) is -0.663. The Labute approximate surface area is 91.9 Å². The average molecular weight is 220 g/mol. The highest BCUT2D eigenvalue weighted by Crippen LogP contribution is 1.97. The fourth-order valence-corrected chi connectivity index (χ4v) is 1.36. The summed E-state index contributed by atoms with van der Waals surface area (Å²) in [5.41, 5.74) is 5.44. The molecule has 5 heteroatoms. The van der Waals surface area contributed by atoms with Gasteiger partial charge in [0.05, 0.1) is 19.3 Å². The molecule has 0 spiro atoms. The van der Waals surface area contributed by atoms with Crippen LogP contribution in [0.2, 0.25) is 0 Å². The Morgan fingerprint density at radius 1 is 1.27 bits per heavy atom. The van der Waals surface area contributed by atoms with Crippen molar-refractivity contribution in [2.24, 2.45) is 5.73 Å². The van der Waals surface area contributed by atoms with E-state index in [1.807, 2.05) is 0 Å². The molecule has 15 heavy (non-hydrogen) atoms. The number of hydrogen-bond donors (Lipinski definition) is 3. The minimum Gasteiger partial charge on any atom is -0.389 e. The second-order valence-corrected chi connectivity index (χ2v) is 3.60. The van der Waals surface area contributed by atoms with Crippen LogP contribution in [0.3, 0.4) is 0 Å². The Hall–Kier alpha value is -0.200. The summed E-state index contributed by atoms with van der Waals surface area (Å²) in [6.45, 7) is 2.19. The summed E-state index contributed by atoms with van der Waals surface area (Å²) in [7, 11) is 3.24. The van der Waals surface area contributed by atoms with Crippen molar-refractivity contribution < 1.29 is 14.6 Å².